The number of aromatic nitrogens is 6. The summed E-state index contributed by atoms with van der Waals surface area (Å²) in [5.74, 6) is 2.91. The second-order valence-corrected chi connectivity index (χ2v) is 8.23. The van der Waals surface area contributed by atoms with Crippen LogP contribution in [-0.2, 0) is 0 Å². The highest BCUT2D eigenvalue weighted by Gasteiger charge is 2.18. The van der Waals surface area contributed by atoms with Crippen molar-refractivity contribution in [3.63, 3.8) is 0 Å². The monoisotopic (exact) mass is 438 g/mol. The molecule has 2 N–H and O–H groups in total. The van der Waals surface area contributed by atoms with E-state index >= 15 is 0 Å². The zero-order chi connectivity index (χ0) is 22.5. The number of fused-ring (bicyclic) bond motifs is 14. The third-order valence-corrected chi connectivity index (χ3v) is 5.97. The normalized spacial score (nSPS) is 11.5. The Morgan fingerprint density at radius 1 is 0.412 bits per heavy atom. The first kappa shape index (κ1) is 18.7. The van der Waals surface area contributed by atoms with Gasteiger partial charge in [0.2, 0.25) is 0 Å². The Morgan fingerprint density at radius 3 is 1.41 bits per heavy atom. The van der Waals surface area contributed by atoms with Crippen LogP contribution in [0.4, 0.5) is 0 Å². The maximum atomic E-state index is 4.87. The summed E-state index contributed by atoms with van der Waals surface area (Å²) >= 11 is 0. The number of hydrogen-bond acceptors (Lipinski definition) is 4. The van der Waals surface area contributed by atoms with Crippen LogP contribution in [0.1, 0.15) is 0 Å². The Morgan fingerprint density at radius 2 is 0.882 bits per heavy atom. The summed E-state index contributed by atoms with van der Waals surface area (Å²) in [6, 6.07) is 32.2. The van der Waals surface area contributed by atoms with Crippen molar-refractivity contribution >= 4 is 22.1 Å². The standard InChI is InChI=1S/C28H18N6/c1-2-12-22-21(11-1)25-29-17-7-5-9-19(15-17)31-27-23-13-3-4-14-24(23)28(34-27)32-20-10-6-8-18(16-20)30-26(22)33-25/h1-16H,(H,29,30,33)(H,31,32,34). The van der Waals surface area contributed by atoms with Crippen molar-refractivity contribution in [2.75, 3.05) is 0 Å². The van der Waals surface area contributed by atoms with Crippen molar-refractivity contribution in [3.05, 3.63) is 97.1 Å². The molecule has 0 amide bonds. The highest BCUT2D eigenvalue weighted by molar-refractivity contribution is 5.84. The highest BCUT2D eigenvalue weighted by atomic mass is 15.0. The lowest BCUT2D eigenvalue weighted by Gasteiger charge is -1.99. The summed E-state index contributed by atoms with van der Waals surface area (Å²) in [6.07, 6.45) is 0. The zero-order valence-corrected chi connectivity index (χ0v) is 18.0. The predicted molar refractivity (Wildman–Crippen MR) is 134 cm³/mol. The maximum Gasteiger partial charge on any atom is 0.162 e. The van der Waals surface area contributed by atoms with Gasteiger partial charge in [0.1, 0.15) is 11.6 Å². The fourth-order valence-electron chi connectivity index (χ4n) is 4.41. The molecule has 34 heavy (non-hydrogen) atoms. The van der Waals surface area contributed by atoms with E-state index in [2.05, 4.69) is 28.2 Å². The Labute approximate surface area is 194 Å². The van der Waals surface area contributed by atoms with Gasteiger partial charge in [0.25, 0.3) is 0 Å². The Kier molecular flexibility index (Phi) is 4.04. The van der Waals surface area contributed by atoms with Gasteiger partial charge < -0.3 is 9.97 Å². The largest absolute Gasteiger partial charge is 0.340 e. The molecule has 0 spiro atoms. The van der Waals surface area contributed by atoms with E-state index in [0.717, 1.165) is 56.0 Å². The lowest BCUT2D eigenvalue weighted by Crippen LogP contribution is -1.83. The fraction of sp³-hybridized carbons (Fsp3) is 0. The van der Waals surface area contributed by atoms with E-state index in [0.29, 0.717) is 11.6 Å². The van der Waals surface area contributed by atoms with Crippen molar-refractivity contribution in [2.45, 2.75) is 0 Å². The minimum Gasteiger partial charge on any atom is -0.340 e. The van der Waals surface area contributed by atoms with Crippen molar-refractivity contribution in [3.8, 4) is 45.6 Å². The second-order valence-electron chi connectivity index (χ2n) is 8.23. The van der Waals surface area contributed by atoms with Gasteiger partial charge in [0.05, 0.1) is 11.0 Å². The molecule has 2 aliphatic rings. The summed E-state index contributed by atoms with van der Waals surface area (Å²) in [7, 11) is 0. The molecule has 0 saturated carbocycles. The number of nitrogens with zero attached hydrogens (tertiary/aromatic N) is 4. The van der Waals surface area contributed by atoms with Crippen LogP contribution in [-0.4, -0.2) is 29.9 Å². The molecule has 4 aromatic carbocycles. The van der Waals surface area contributed by atoms with Gasteiger partial charge in [-0.3, -0.25) is 0 Å². The Bertz CT molecular complexity index is 1530. The van der Waals surface area contributed by atoms with Crippen LogP contribution < -0.4 is 0 Å². The van der Waals surface area contributed by atoms with Crippen LogP contribution in [0.5, 0.6) is 0 Å². The average Bonchev–Trinajstić information content (AvgIpc) is 3.37. The Balaban J connectivity index is 1.63. The third-order valence-electron chi connectivity index (χ3n) is 5.97. The van der Waals surface area contributed by atoms with Crippen molar-refractivity contribution in [1.82, 2.24) is 29.9 Å². The van der Waals surface area contributed by atoms with Crippen LogP contribution in [0.2, 0.25) is 0 Å². The zero-order valence-electron chi connectivity index (χ0n) is 18.0. The van der Waals surface area contributed by atoms with Gasteiger partial charge in [-0.05, 0) is 36.4 Å². The molecule has 1 aromatic heterocycles. The van der Waals surface area contributed by atoms with E-state index in [1.54, 1.807) is 0 Å². The number of benzene rings is 4. The Hall–Kier alpha value is -4.84. The summed E-state index contributed by atoms with van der Waals surface area (Å²) in [5.41, 5.74) is 7.48. The molecule has 160 valence electrons. The SMILES string of the molecule is c1ccc2c(c1)-c1nc-2[nH]c2cccc(c2)[nH]c2nc(nc3cccc(c3)n1)-c1ccccc1-2. The number of rotatable bonds is 0. The minimum atomic E-state index is 0.677. The van der Waals surface area contributed by atoms with Crippen molar-refractivity contribution < 1.29 is 0 Å². The number of nitrogens with one attached hydrogen (secondary N) is 2. The molecule has 6 heteroatoms. The molecule has 0 aliphatic carbocycles. The van der Waals surface area contributed by atoms with Gasteiger partial charge in [-0.2, -0.15) is 0 Å². The molecule has 3 heterocycles. The molecule has 0 fully saturated rings. The van der Waals surface area contributed by atoms with Gasteiger partial charge in [-0.15, -0.1) is 0 Å². The number of hydrogen-bond donors (Lipinski definition) is 2. The smallest absolute Gasteiger partial charge is 0.162 e. The molecule has 7 rings (SSSR count). The van der Waals surface area contributed by atoms with Gasteiger partial charge in [0, 0.05) is 33.3 Å². The second kappa shape index (κ2) is 7.35. The lowest BCUT2D eigenvalue weighted by molar-refractivity contribution is 1.22. The number of H-pyrrole nitrogens is 2. The maximum absolute atomic E-state index is 4.87. The summed E-state index contributed by atoms with van der Waals surface area (Å²) in [6.45, 7) is 0. The fourth-order valence-corrected chi connectivity index (χ4v) is 4.41. The molecule has 2 aliphatic heterocycles. The molecule has 5 aromatic rings. The van der Waals surface area contributed by atoms with E-state index in [-0.39, 0.29) is 0 Å². The van der Waals surface area contributed by atoms with Crippen molar-refractivity contribution in [1.29, 1.82) is 0 Å². The van der Waals surface area contributed by atoms with Gasteiger partial charge in [-0.25, -0.2) is 19.9 Å². The van der Waals surface area contributed by atoms with Gasteiger partial charge >= 0.3 is 0 Å². The first-order chi connectivity index (χ1) is 16.8. The van der Waals surface area contributed by atoms with E-state index in [1.165, 1.54) is 0 Å². The molecule has 6 nitrogen and oxygen atoms in total. The van der Waals surface area contributed by atoms with Crippen LogP contribution in [0, 0.1) is 0 Å². The van der Waals surface area contributed by atoms with Crippen LogP contribution in [0.15, 0.2) is 97.1 Å². The predicted octanol–water partition coefficient (Wildman–Crippen LogP) is 6.34. The third kappa shape index (κ3) is 3.12. The quantitative estimate of drug-likeness (QED) is 0.290. The van der Waals surface area contributed by atoms with Crippen LogP contribution in [0.25, 0.3) is 67.6 Å². The summed E-state index contributed by atoms with van der Waals surface area (Å²) in [5, 5.41) is 0. The molecule has 0 radical (unpaired) electrons. The van der Waals surface area contributed by atoms with Crippen LogP contribution in [0.3, 0.4) is 0 Å². The average molecular weight is 438 g/mol. The molecular formula is C28H18N6. The minimum absolute atomic E-state index is 0.677. The van der Waals surface area contributed by atoms with Gasteiger partial charge in [-0.1, -0.05) is 60.7 Å². The number of aromatic amines is 2. The van der Waals surface area contributed by atoms with E-state index in [4.69, 9.17) is 19.9 Å². The van der Waals surface area contributed by atoms with E-state index < -0.39 is 0 Å². The lowest BCUT2D eigenvalue weighted by atomic mass is 10.1. The summed E-state index contributed by atoms with van der Waals surface area (Å²) in [4.78, 5) is 26.4. The molecule has 0 unspecified atom stereocenters. The molecule has 8 bridgehead atoms. The highest BCUT2D eigenvalue weighted by Crippen LogP contribution is 2.34. The van der Waals surface area contributed by atoms with Crippen LogP contribution >= 0.6 is 0 Å². The van der Waals surface area contributed by atoms with E-state index in [1.807, 2.05) is 78.9 Å². The first-order valence-corrected chi connectivity index (χ1v) is 11.1. The first-order valence-electron chi connectivity index (χ1n) is 11.1. The van der Waals surface area contributed by atoms with Gasteiger partial charge in [0.15, 0.2) is 11.6 Å². The van der Waals surface area contributed by atoms with Crippen molar-refractivity contribution in [2.24, 2.45) is 0 Å². The topological polar surface area (TPSA) is 83.1 Å². The molecule has 0 saturated heterocycles. The van der Waals surface area contributed by atoms with E-state index in [9.17, 15) is 0 Å². The molecular weight excluding hydrogens is 420 g/mol. The molecule has 0 atom stereocenters. The summed E-state index contributed by atoms with van der Waals surface area (Å²) < 4.78 is 0.